The van der Waals surface area contributed by atoms with E-state index in [1.54, 1.807) is 0 Å². The number of carbonyl (C=O) groups excluding carboxylic acids is 1. The first-order valence-corrected chi connectivity index (χ1v) is 11.9. The van der Waals surface area contributed by atoms with Gasteiger partial charge < -0.3 is 15.5 Å². The maximum atomic E-state index is 12.6. The van der Waals surface area contributed by atoms with Crippen molar-refractivity contribution in [3.05, 3.63) is 0 Å². The summed E-state index contributed by atoms with van der Waals surface area (Å²) in [7, 11) is -3.07. The van der Waals surface area contributed by atoms with Crippen molar-refractivity contribution >= 4 is 21.9 Å². The Hall–Kier alpha value is -1.35. The third-order valence-electron chi connectivity index (χ3n) is 5.71. The van der Waals surface area contributed by atoms with Gasteiger partial charge in [-0.25, -0.2) is 12.7 Å². The van der Waals surface area contributed by atoms with Crippen molar-refractivity contribution < 1.29 is 13.2 Å². The molecule has 1 atom stereocenters. The molecule has 0 aromatic rings. The zero-order chi connectivity index (χ0) is 19.3. The van der Waals surface area contributed by atoms with Crippen LogP contribution in [0.4, 0.5) is 0 Å². The van der Waals surface area contributed by atoms with Crippen LogP contribution in [-0.2, 0) is 14.8 Å². The lowest BCUT2D eigenvalue weighted by molar-refractivity contribution is -0.134. The van der Waals surface area contributed by atoms with Crippen LogP contribution in [0.25, 0.3) is 0 Å². The second-order valence-electron chi connectivity index (χ2n) is 7.72. The highest BCUT2D eigenvalue weighted by molar-refractivity contribution is 7.89. The van der Waals surface area contributed by atoms with Gasteiger partial charge in [0, 0.05) is 44.7 Å². The van der Waals surface area contributed by atoms with Gasteiger partial charge in [0.15, 0.2) is 5.96 Å². The van der Waals surface area contributed by atoms with Gasteiger partial charge in [0.25, 0.3) is 0 Å². The Kier molecular flexibility index (Phi) is 6.97. The molecular weight excluding hydrogens is 366 g/mol. The molecule has 1 amide bonds. The first kappa shape index (κ1) is 20.4. The molecule has 3 rings (SSSR count). The summed E-state index contributed by atoms with van der Waals surface area (Å²) in [6.45, 7) is 5.74. The zero-order valence-corrected chi connectivity index (χ0v) is 17.1. The minimum atomic E-state index is -3.07. The fourth-order valence-electron chi connectivity index (χ4n) is 4.24. The lowest BCUT2D eigenvalue weighted by atomic mass is 10.1. The molecule has 0 radical (unpaired) electrons. The minimum Gasteiger partial charge on any atom is -0.357 e. The number of aliphatic imine (C=N–C) groups is 1. The molecule has 1 unspecified atom stereocenters. The summed E-state index contributed by atoms with van der Waals surface area (Å²) >= 11 is 0. The Labute approximate surface area is 162 Å². The van der Waals surface area contributed by atoms with Gasteiger partial charge in [-0.3, -0.25) is 9.79 Å². The summed E-state index contributed by atoms with van der Waals surface area (Å²) in [6.07, 6.45) is 6.06. The quantitative estimate of drug-likeness (QED) is 0.497. The molecule has 2 aliphatic heterocycles. The molecular formula is C18H33N5O3S. The van der Waals surface area contributed by atoms with E-state index in [9.17, 15) is 13.2 Å². The first-order chi connectivity index (χ1) is 13.0. The summed E-state index contributed by atoms with van der Waals surface area (Å²) in [5.41, 5.74) is 0. The number of likely N-dealkylation sites (tertiary alicyclic amines) is 1. The van der Waals surface area contributed by atoms with Crippen molar-refractivity contribution in [1.82, 2.24) is 19.8 Å². The van der Waals surface area contributed by atoms with E-state index < -0.39 is 10.0 Å². The maximum absolute atomic E-state index is 12.6. The predicted molar refractivity (Wildman–Crippen MR) is 106 cm³/mol. The molecule has 3 aliphatic rings. The number of hydrogen-bond acceptors (Lipinski definition) is 4. The van der Waals surface area contributed by atoms with Gasteiger partial charge in [0.05, 0.1) is 12.3 Å². The van der Waals surface area contributed by atoms with Gasteiger partial charge >= 0.3 is 0 Å². The first-order valence-electron chi connectivity index (χ1n) is 10.3. The second-order valence-corrected chi connectivity index (χ2v) is 9.81. The number of rotatable bonds is 6. The van der Waals surface area contributed by atoms with Crippen molar-refractivity contribution in [1.29, 1.82) is 0 Å². The largest absolute Gasteiger partial charge is 0.357 e. The van der Waals surface area contributed by atoms with Crippen LogP contribution in [0.15, 0.2) is 4.99 Å². The van der Waals surface area contributed by atoms with Crippen LogP contribution in [0, 0.1) is 5.92 Å². The molecule has 2 N–H and O–H groups in total. The molecule has 154 valence electrons. The van der Waals surface area contributed by atoms with E-state index in [-0.39, 0.29) is 17.7 Å². The molecule has 0 aromatic carbocycles. The van der Waals surface area contributed by atoms with Crippen LogP contribution in [0.2, 0.25) is 0 Å². The topological polar surface area (TPSA) is 94.1 Å². The Morgan fingerprint density at radius 2 is 1.93 bits per heavy atom. The van der Waals surface area contributed by atoms with E-state index in [4.69, 9.17) is 0 Å². The molecule has 1 aliphatic carbocycles. The number of sulfonamides is 1. The third-order valence-corrected chi connectivity index (χ3v) is 7.67. The summed E-state index contributed by atoms with van der Waals surface area (Å²) < 4.78 is 25.2. The van der Waals surface area contributed by atoms with E-state index in [0.29, 0.717) is 37.9 Å². The number of nitrogens with zero attached hydrogens (tertiary/aromatic N) is 3. The fraction of sp³-hybridized carbons (Fsp3) is 0.889. The van der Waals surface area contributed by atoms with Gasteiger partial charge in [-0.05, 0) is 32.6 Å². The summed E-state index contributed by atoms with van der Waals surface area (Å²) in [4.78, 5) is 19.1. The monoisotopic (exact) mass is 399 g/mol. The highest BCUT2D eigenvalue weighted by Gasteiger charge is 2.32. The smallest absolute Gasteiger partial charge is 0.225 e. The van der Waals surface area contributed by atoms with E-state index in [1.165, 1.54) is 17.1 Å². The highest BCUT2D eigenvalue weighted by Crippen LogP contribution is 2.27. The Morgan fingerprint density at radius 1 is 1.15 bits per heavy atom. The summed E-state index contributed by atoms with van der Waals surface area (Å²) in [5, 5.41) is 6.64. The maximum Gasteiger partial charge on any atom is 0.225 e. The Morgan fingerprint density at radius 3 is 2.59 bits per heavy atom. The van der Waals surface area contributed by atoms with Crippen LogP contribution in [-0.4, -0.2) is 80.6 Å². The molecule has 0 aromatic heterocycles. The lowest BCUT2D eigenvalue weighted by Gasteiger charge is -2.21. The SMILES string of the molecule is CCNC(=NCCN1CCCS1(=O)=O)NC1CCN(C(=O)C2CCCC2)C1. The van der Waals surface area contributed by atoms with E-state index in [2.05, 4.69) is 15.6 Å². The van der Waals surface area contributed by atoms with Gasteiger partial charge in [-0.15, -0.1) is 0 Å². The van der Waals surface area contributed by atoms with Crippen molar-refractivity contribution in [3.8, 4) is 0 Å². The van der Waals surface area contributed by atoms with Gasteiger partial charge in [-0.1, -0.05) is 12.8 Å². The fourth-order valence-corrected chi connectivity index (χ4v) is 5.76. The Bertz CT molecular complexity index is 645. The summed E-state index contributed by atoms with van der Waals surface area (Å²) in [6, 6.07) is 0.198. The van der Waals surface area contributed by atoms with Crippen molar-refractivity contribution in [2.75, 3.05) is 45.0 Å². The molecule has 3 fully saturated rings. The predicted octanol–water partition coefficient (Wildman–Crippen LogP) is 0.368. The van der Waals surface area contributed by atoms with E-state index >= 15 is 0 Å². The van der Waals surface area contributed by atoms with Crippen LogP contribution in [0.3, 0.4) is 0 Å². The Balaban J connectivity index is 1.48. The van der Waals surface area contributed by atoms with Gasteiger partial charge in [0.2, 0.25) is 15.9 Å². The van der Waals surface area contributed by atoms with Crippen molar-refractivity contribution in [2.45, 2.75) is 51.5 Å². The number of hydrogen-bond donors (Lipinski definition) is 2. The van der Waals surface area contributed by atoms with Crippen LogP contribution in [0.5, 0.6) is 0 Å². The van der Waals surface area contributed by atoms with Crippen LogP contribution >= 0.6 is 0 Å². The molecule has 1 saturated carbocycles. The molecule has 0 bridgehead atoms. The van der Waals surface area contributed by atoms with Crippen molar-refractivity contribution in [3.63, 3.8) is 0 Å². The molecule has 2 heterocycles. The third kappa shape index (κ3) is 5.34. The number of amides is 1. The average molecular weight is 400 g/mol. The van der Waals surface area contributed by atoms with E-state index in [0.717, 1.165) is 38.9 Å². The lowest BCUT2D eigenvalue weighted by Crippen LogP contribution is -2.45. The molecule has 9 heteroatoms. The molecule has 8 nitrogen and oxygen atoms in total. The minimum absolute atomic E-state index is 0.198. The van der Waals surface area contributed by atoms with Gasteiger partial charge in [0.1, 0.15) is 0 Å². The zero-order valence-electron chi connectivity index (χ0n) is 16.3. The molecule has 0 spiro atoms. The number of guanidine groups is 1. The number of carbonyl (C=O) groups is 1. The second kappa shape index (κ2) is 9.23. The molecule has 2 saturated heterocycles. The van der Waals surface area contributed by atoms with Crippen molar-refractivity contribution in [2.24, 2.45) is 10.9 Å². The molecule has 27 heavy (non-hydrogen) atoms. The number of nitrogens with one attached hydrogen (secondary N) is 2. The highest BCUT2D eigenvalue weighted by atomic mass is 32.2. The van der Waals surface area contributed by atoms with Gasteiger partial charge in [-0.2, -0.15) is 0 Å². The van der Waals surface area contributed by atoms with E-state index in [1.807, 2.05) is 11.8 Å². The van der Waals surface area contributed by atoms with Crippen LogP contribution < -0.4 is 10.6 Å². The van der Waals surface area contributed by atoms with Crippen LogP contribution in [0.1, 0.15) is 45.4 Å². The average Bonchev–Trinajstić information content (AvgIpc) is 3.36. The standard InChI is InChI=1S/C18H33N5O3S/c1-2-19-18(20-9-12-23-10-5-13-27(23,25)26)21-16-8-11-22(14-16)17(24)15-6-3-4-7-15/h15-16H,2-14H2,1H3,(H2,19,20,21). The normalized spacial score (nSPS) is 26.6. The summed E-state index contributed by atoms with van der Waals surface area (Å²) in [5.74, 6) is 1.50.